The zero-order valence-electron chi connectivity index (χ0n) is 17.0. The molecule has 2 amide bonds. The fourth-order valence-electron chi connectivity index (χ4n) is 3.67. The summed E-state index contributed by atoms with van der Waals surface area (Å²) in [6.07, 6.45) is 4.84. The highest BCUT2D eigenvalue weighted by Gasteiger charge is 2.32. The van der Waals surface area contributed by atoms with Crippen LogP contribution in [0.2, 0.25) is 0 Å². The highest BCUT2D eigenvalue weighted by atomic mass is 16.2. The summed E-state index contributed by atoms with van der Waals surface area (Å²) >= 11 is 0. The van der Waals surface area contributed by atoms with Crippen LogP contribution < -0.4 is 5.32 Å². The van der Waals surface area contributed by atoms with E-state index < -0.39 is 0 Å². The largest absolute Gasteiger partial charge is 0.353 e. The molecule has 1 saturated heterocycles. The van der Waals surface area contributed by atoms with Crippen molar-refractivity contribution in [2.45, 2.75) is 39.3 Å². The minimum absolute atomic E-state index is 0.0114. The van der Waals surface area contributed by atoms with Gasteiger partial charge in [-0.1, -0.05) is 32.0 Å². The molecule has 1 aliphatic rings. The molecule has 150 valence electrons. The van der Waals surface area contributed by atoms with Crippen molar-refractivity contribution in [1.82, 2.24) is 20.1 Å². The lowest BCUT2D eigenvalue weighted by Crippen LogP contribution is -2.56. The van der Waals surface area contributed by atoms with Crippen LogP contribution in [0.25, 0.3) is 10.8 Å². The van der Waals surface area contributed by atoms with Gasteiger partial charge in [-0.3, -0.25) is 19.5 Å². The maximum Gasteiger partial charge on any atom is 0.237 e. The van der Waals surface area contributed by atoms with Gasteiger partial charge in [-0.25, -0.2) is 0 Å². The lowest BCUT2D eigenvalue weighted by atomic mass is 10.0. The first-order chi connectivity index (χ1) is 13.5. The Morgan fingerprint density at radius 3 is 2.96 bits per heavy atom. The number of hydrogen-bond donors (Lipinski definition) is 1. The number of benzene rings is 1. The highest BCUT2D eigenvalue weighted by Crippen LogP contribution is 2.20. The molecular weight excluding hydrogens is 352 g/mol. The predicted molar refractivity (Wildman–Crippen MR) is 111 cm³/mol. The van der Waals surface area contributed by atoms with Gasteiger partial charge in [0.15, 0.2) is 0 Å². The molecule has 1 aromatic heterocycles. The van der Waals surface area contributed by atoms with Gasteiger partial charge >= 0.3 is 0 Å². The lowest BCUT2D eigenvalue weighted by molar-refractivity contribution is -0.138. The molecule has 2 aromatic rings. The van der Waals surface area contributed by atoms with E-state index in [4.69, 9.17) is 0 Å². The van der Waals surface area contributed by atoms with Crippen LogP contribution >= 0.6 is 0 Å². The Bertz CT molecular complexity index is 831. The van der Waals surface area contributed by atoms with Gasteiger partial charge in [-0.05, 0) is 35.9 Å². The molecule has 28 heavy (non-hydrogen) atoms. The molecule has 0 saturated carbocycles. The second-order valence-electron chi connectivity index (χ2n) is 7.99. The molecule has 1 fully saturated rings. The molecular formula is C22H30N4O2. The number of carbonyl (C=O) groups is 2. The second kappa shape index (κ2) is 9.15. The number of nitrogens with zero attached hydrogens (tertiary/aromatic N) is 3. The Morgan fingerprint density at radius 1 is 1.36 bits per heavy atom. The lowest BCUT2D eigenvalue weighted by Gasteiger charge is -2.35. The molecule has 1 aliphatic heterocycles. The zero-order chi connectivity index (χ0) is 20.1. The molecule has 1 atom stereocenters. The van der Waals surface area contributed by atoms with Gasteiger partial charge in [0.25, 0.3) is 0 Å². The van der Waals surface area contributed by atoms with Crippen LogP contribution in [-0.2, 0) is 16.1 Å². The molecule has 0 bridgehead atoms. The molecule has 2 heterocycles. The van der Waals surface area contributed by atoms with Crippen LogP contribution in [0.4, 0.5) is 0 Å². The van der Waals surface area contributed by atoms with Crippen LogP contribution in [0.15, 0.2) is 36.7 Å². The minimum Gasteiger partial charge on any atom is -0.353 e. The number of pyridine rings is 1. The van der Waals surface area contributed by atoms with Crippen LogP contribution in [0.3, 0.4) is 0 Å². The van der Waals surface area contributed by atoms with E-state index in [9.17, 15) is 9.59 Å². The monoisotopic (exact) mass is 382 g/mol. The Morgan fingerprint density at radius 2 is 2.18 bits per heavy atom. The first kappa shape index (κ1) is 20.3. The van der Waals surface area contributed by atoms with Crippen LogP contribution in [0.5, 0.6) is 0 Å². The van der Waals surface area contributed by atoms with E-state index in [-0.39, 0.29) is 24.3 Å². The maximum absolute atomic E-state index is 12.9. The van der Waals surface area contributed by atoms with Crippen molar-refractivity contribution in [3.8, 4) is 0 Å². The summed E-state index contributed by atoms with van der Waals surface area (Å²) in [5.74, 6) is 0.528. The maximum atomic E-state index is 12.9. The van der Waals surface area contributed by atoms with E-state index in [0.29, 0.717) is 19.0 Å². The van der Waals surface area contributed by atoms with E-state index >= 15 is 0 Å². The number of fused-ring (bicyclic) bond motifs is 1. The molecule has 0 aliphatic carbocycles. The first-order valence-electron chi connectivity index (χ1n) is 10.0. The van der Waals surface area contributed by atoms with Crippen molar-refractivity contribution in [3.05, 3.63) is 42.2 Å². The molecule has 1 unspecified atom stereocenters. The number of rotatable bonds is 7. The number of hydrogen-bond acceptors (Lipinski definition) is 4. The summed E-state index contributed by atoms with van der Waals surface area (Å²) in [6.45, 7) is 7.18. The molecule has 6 nitrogen and oxygen atoms in total. The first-order valence-corrected chi connectivity index (χ1v) is 10.0. The van der Waals surface area contributed by atoms with Crippen LogP contribution in [-0.4, -0.2) is 59.3 Å². The second-order valence-corrected chi connectivity index (χ2v) is 7.99. The van der Waals surface area contributed by atoms with Gasteiger partial charge in [-0.2, -0.15) is 0 Å². The van der Waals surface area contributed by atoms with Gasteiger partial charge in [0.05, 0.1) is 12.5 Å². The van der Waals surface area contributed by atoms with Gasteiger partial charge in [0, 0.05) is 44.5 Å². The fraction of sp³-hybridized carbons (Fsp3) is 0.500. The van der Waals surface area contributed by atoms with Gasteiger partial charge in [0.1, 0.15) is 0 Å². The smallest absolute Gasteiger partial charge is 0.237 e. The third-order valence-corrected chi connectivity index (χ3v) is 5.41. The Hall–Kier alpha value is -2.47. The van der Waals surface area contributed by atoms with Crippen LogP contribution in [0.1, 0.15) is 32.3 Å². The third kappa shape index (κ3) is 4.87. The summed E-state index contributed by atoms with van der Waals surface area (Å²) < 4.78 is 0. The number of aromatic nitrogens is 1. The summed E-state index contributed by atoms with van der Waals surface area (Å²) in [5, 5.41) is 5.07. The average Bonchev–Trinajstić information content (AvgIpc) is 2.68. The van der Waals surface area contributed by atoms with Crippen molar-refractivity contribution < 1.29 is 9.59 Å². The SMILES string of the molecule is CC(C)CCN1CCNC(=O)C1CC(=O)N(C)Cc1cccc2cnccc12. The average molecular weight is 383 g/mol. The molecule has 0 spiro atoms. The molecule has 6 heteroatoms. The van der Waals surface area contributed by atoms with Gasteiger partial charge in [0.2, 0.25) is 11.8 Å². The van der Waals surface area contributed by atoms with Crippen LogP contribution in [0, 0.1) is 5.92 Å². The fourth-order valence-corrected chi connectivity index (χ4v) is 3.67. The highest BCUT2D eigenvalue weighted by molar-refractivity contribution is 5.89. The van der Waals surface area contributed by atoms with E-state index in [1.165, 1.54) is 0 Å². The molecule has 0 radical (unpaired) electrons. The summed E-state index contributed by atoms with van der Waals surface area (Å²) in [7, 11) is 1.81. The van der Waals surface area contributed by atoms with E-state index in [0.717, 1.165) is 35.8 Å². The predicted octanol–water partition coefficient (Wildman–Crippen LogP) is 2.43. The van der Waals surface area contributed by atoms with Crippen molar-refractivity contribution in [3.63, 3.8) is 0 Å². The van der Waals surface area contributed by atoms with Gasteiger partial charge in [-0.15, -0.1) is 0 Å². The number of piperazine rings is 1. The van der Waals surface area contributed by atoms with Crippen molar-refractivity contribution in [2.24, 2.45) is 5.92 Å². The number of amides is 2. The molecule has 1 aromatic carbocycles. The Kier molecular flexibility index (Phi) is 6.62. The topological polar surface area (TPSA) is 65.5 Å². The number of nitrogens with one attached hydrogen (secondary N) is 1. The zero-order valence-corrected chi connectivity index (χ0v) is 17.0. The summed E-state index contributed by atoms with van der Waals surface area (Å²) in [4.78, 5) is 33.3. The normalized spacial score (nSPS) is 17.7. The van der Waals surface area contributed by atoms with Crippen molar-refractivity contribution in [2.75, 3.05) is 26.7 Å². The Balaban J connectivity index is 1.67. The molecule has 3 rings (SSSR count). The van der Waals surface area contributed by atoms with Crippen molar-refractivity contribution in [1.29, 1.82) is 0 Å². The van der Waals surface area contributed by atoms with Gasteiger partial charge < -0.3 is 10.2 Å². The van der Waals surface area contributed by atoms with Crippen molar-refractivity contribution >= 4 is 22.6 Å². The van der Waals surface area contributed by atoms with E-state index in [2.05, 4.69) is 29.0 Å². The Labute approximate surface area is 166 Å². The summed E-state index contributed by atoms with van der Waals surface area (Å²) in [6, 6.07) is 7.64. The van der Waals surface area contributed by atoms with E-state index in [1.807, 2.05) is 37.5 Å². The quantitative estimate of drug-likeness (QED) is 0.799. The molecule has 1 N–H and O–H groups in total. The van der Waals surface area contributed by atoms with E-state index in [1.54, 1.807) is 11.1 Å². The third-order valence-electron chi connectivity index (χ3n) is 5.41. The standard InChI is InChI=1S/C22H30N4O2/c1-16(2)8-11-26-12-10-24-22(28)20(26)13-21(27)25(3)15-18-6-4-5-17-14-23-9-7-19(17)18/h4-7,9,14,16,20H,8,10-13,15H2,1-3H3,(H,24,28). The summed E-state index contributed by atoms with van der Waals surface area (Å²) in [5.41, 5.74) is 1.08. The minimum atomic E-state index is -0.376. The number of carbonyl (C=O) groups excluding carboxylic acids is 2.